The highest BCUT2D eigenvalue weighted by Gasteiger charge is 2.36. The molecule has 4 aromatic carbocycles. The van der Waals surface area contributed by atoms with Crippen LogP contribution in [0.15, 0.2) is 114 Å². The molecular weight excluding hydrogens is 771 g/mol. The molecule has 1 aliphatic heterocycles. The van der Waals surface area contributed by atoms with Crippen LogP contribution in [0, 0.1) is 5.82 Å². The number of aryl methyl sites for hydroxylation is 1. The lowest BCUT2D eigenvalue weighted by Gasteiger charge is -2.41. The Morgan fingerprint density at radius 3 is 2.34 bits per heavy atom. The Balaban J connectivity index is 1.03. The number of halogens is 2. The van der Waals surface area contributed by atoms with Crippen LogP contribution in [-0.4, -0.2) is 50.2 Å². The number of carbonyl (C=O) groups excluding carboxylic acids is 2. The lowest BCUT2D eigenvalue weighted by Crippen LogP contribution is -2.46. The SMILES string of the molecule is C[C@@H](CCCc1cc(Cl)c(F)c(-c2cc3cn(-c4ccc([C@@H]5CCC[C@@H](CCN)N5C(=O)OCc5ccccc5)cc4)c(=O)nc3[nH]2)c1)NC(=O)OCc1ccccc1. The van der Waals surface area contributed by atoms with Gasteiger partial charge in [-0.2, -0.15) is 4.98 Å². The Kier molecular flexibility index (Phi) is 13.4. The van der Waals surface area contributed by atoms with Crippen molar-refractivity contribution in [1.82, 2.24) is 24.8 Å². The van der Waals surface area contributed by atoms with Gasteiger partial charge >= 0.3 is 17.9 Å². The second kappa shape index (κ2) is 19.2. The number of nitrogens with one attached hydrogen (secondary N) is 2. The molecule has 0 radical (unpaired) electrons. The van der Waals surface area contributed by atoms with Crippen LogP contribution in [0.3, 0.4) is 0 Å². The first-order valence-electron chi connectivity index (χ1n) is 20.0. The molecule has 13 heteroatoms. The molecule has 3 heterocycles. The maximum absolute atomic E-state index is 15.5. The summed E-state index contributed by atoms with van der Waals surface area (Å²) in [6.07, 6.45) is 6.01. The van der Waals surface area contributed by atoms with Gasteiger partial charge < -0.3 is 25.5 Å². The van der Waals surface area contributed by atoms with Crippen LogP contribution in [0.5, 0.6) is 0 Å². The van der Waals surface area contributed by atoms with Crippen molar-refractivity contribution in [3.8, 4) is 16.9 Å². The fourth-order valence-electron chi connectivity index (χ4n) is 7.77. The first-order chi connectivity index (χ1) is 28.7. The van der Waals surface area contributed by atoms with Gasteiger partial charge in [0.05, 0.1) is 22.4 Å². The van der Waals surface area contributed by atoms with Gasteiger partial charge in [0, 0.05) is 29.2 Å². The van der Waals surface area contributed by atoms with E-state index in [0.717, 1.165) is 41.5 Å². The van der Waals surface area contributed by atoms with Crippen molar-refractivity contribution in [3.63, 3.8) is 0 Å². The molecule has 0 unspecified atom stereocenters. The van der Waals surface area contributed by atoms with E-state index in [1.807, 2.05) is 96.8 Å². The number of H-pyrrole nitrogens is 1. The zero-order valence-electron chi connectivity index (χ0n) is 32.9. The highest BCUT2D eigenvalue weighted by molar-refractivity contribution is 6.31. The summed E-state index contributed by atoms with van der Waals surface area (Å²) >= 11 is 6.39. The molecule has 0 aliphatic carbocycles. The average molecular weight is 819 g/mol. The van der Waals surface area contributed by atoms with Crippen molar-refractivity contribution in [2.75, 3.05) is 6.54 Å². The number of hydrogen-bond acceptors (Lipinski definition) is 7. The van der Waals surface area contributed by atoms with Crippen LogP contribution >= 0.6 is 11.6 Å². The minimum absolute atomic E-state index is 0.0187. The number of aromatic nitrogens is 3. The second-order valence-electron chi connectivity index (χ2n) is 15.0. The molecule has 1 aliphatic rings. The average Bonchev–Trinajstić information content (AvgIpc) is 3.66. The summed E-state index contributed by atoms with van der Waals surface area (Å²) in [5, 5.41) is 3.44. The number of rotatable bonds is 14. The van der Waals surface area contributed by atoms with E-state index < -0.39 is 17.6 Å². The lowest BCUT2D eigenvalue weighted by atomic mass is 9.90. The molecule has 0 saturated carbocycles. The van der Waals surface area contributed by atoms with Gasteiger partial charge in [-0.05, 0) is 111 Å². The molecule has 59 heavy (non-hydrogen) atoms. The van der Waals surface area contributed by atoms with E-state index in [4.69, 9.17) is 26.8 Å². The first kappa shape index (κ1) is 41.2. The van der Waals surface area contributed by atoms with Crippen LogP contribution < -0.4 is 16.7 Å². The Bertz CT molecular complexity index is 2420. The number of hydrogen-bond donors (Lipinski definition) is 3. The highest BCUT2D eigenvalue weighted by Crippen LogP contribution is 2.37. The summed E-state index contributed by atoms with van der Waals surface area (Å²) < 4.78 is 28.1. The van der Waals surface area contributed by atoms with Crippen LogP contribution in [0.4, 0.5) is 14.0 Å². The summed E-state index contributed by atoms with van der Waals surface area (Å²) in [5.74, 6) is -0.585. The maximum Gasteiger partial charge on any atom is 0.410 e. The Morgan fingerprint density at radius 2 is 1.64 bits per heavy atom. The number of fused-ring (bicyclic) bond motifs is 1. The van der Waals surface area contributed by atoms with Crippen molar-refractivity contribution in [3.05, 3.63) is 153 Å². The maximum atomic E-state index is 15.5. The largest absolute Gasteiger partial charge is 0.445 e. The molecule has 1 saturated heterocycles. The fourth-order valence-corrected chi connectivity index (χ4v) is 8.01. The molecule has 0 bridgehead atoms. The van der Waals surface area contributed by atoms with Crippen LogP contribution in [0.1, 0.15) is 73.7 Å². The van der Waals surface area contributed by atoms with E-state index in [9.17, 15) is 14.4 Å². The quantitative estimate of drug-likeness (QED) is 0.0994. The zero-order valence-corrected chi connectivity index (χ0v) is 33.7. The minimum atomic E-state index is -0.585. The molecule has 11 nitrogen and oxygen atoms in total. The van der Waals surface area contributed by atoms with Gasteiger partial charge in [0.2, 0.25) is 0 Å². The van der Waals surface area contributed by atoms with E-state index in [-0.39, 0.29) is 48.0 Å². The Labute approximate surface area is 347 Å². The number of piperidine rings is 1. The highest BCUT2D eigenvalue weighted by atomic mass is 35.5. The van der Waals surface area contributed by atoms with Gasteiger partial charge in [-0.1, -0.05) is 84.4 Å². The standard InChI is InChI=1S/C46H48ClFN6O5/c1-30(50-45(56)58-28-31-11-4-2-5-12-31)10-8-15-33-24-38(42(48)39(47)25-33)40-26-35-27-53(44(55)52-43(35)51-40)36-20-18-34(19-21-36)41-17-9-16-37(22-23-49)54(41)46(57)59-29-32-13-6-3-7-14-32/h2-7,11-14,18-21,24-27,30,37,41H,8-10,15-17,22-23,28-29,49H2,1H3,(H,50,56)(H,51,52,55)/t30-,37-,41-/m0/s1. The molecule has 2 amide bonds. The van der Waals surface area contributed by atoms with Crippen molar-refractivity contribution < 1.29 is 23.5 Å². The smallest absolute Gasteiger partial charge is 0.410 e. The monoisotopic (exact) mass is 818 g/mol. The van der Waals surface area contributed by atoms with Crippen molar-refractivity contribution in [2.45, 2.75) is 83.2 Å². The van der Waals surface area contributed by atoms with Gasteiger partial charge in [0.15, 0.2) is 5.82 Å². The zero-order chi connectivity index (χ0) is 41.3. The predicted molar refractivity (Wildman–Crippen MR) is 227 cm³/mol. The number of nitrogens with two attached hydrogens (primary N) is 1. The topological polar surface area (TPSA) is 145 Å². The summed E-state index contributed by atoms with van der Waals surface area (Å²) in [7, 11) is 0. The number of alkyl carbamates (subject to hydrolysis) is 1. The van der Waals surface area contributed by atoms with Crippen molar-refractivity contribution in [1.29, 1.82) is 0 Å². The van der Waals surface area contributed by atoms with Gasteiger partial charge in [0.1, 0.15) is 18.9 Å². The van der Waals surface area contributed by atoms with E-state index in [2.05, 4.69) is 15.3 Å². The number of nitrogens with zero attached hydrogens (tertiary/aromatic N) is 3. The van der Waals surface area contributed by atoms with Crippen LogP contribution in [0.25, 0.3) is 28.0 Å². The van der Waals surface area contributed by atoms with Gasteiger partial charge in [0.25, 0.3) is 0 Å². The molecule has 7 rings (SSSR count). The summed E-state index contributed by atoms with van der Waals surface area (Å²) in [5.41, 5.74) is 10.6. The minimum Gasteiger partial charge on any atom is -0.445 e. The van der Waals surface area contributed by atoms with Gasteiger partial charge in [-0.15, -0.1) is 0 Å². The molecular formula is C46H48ClFN6O5. The van der Waals surface area contributed by atoms with E-state index in [1.165, 1.54) is 4.57 Å². The van der Waals surface area contributed by atoms with E-state index in [0.29, 0.717) is 54.6 Å². The predicted octanol–water partition coefficient (Wildman–Crippen LogP) is 9.39. The Hall–Kier alpha value is -5.98. The first-order valence-corrected chi connectivity index (χ1v) is 20.4. The van der Waals surface area contributed by atoms with Gasteiger partial charge in [-0.3, -0.25) is 9.47 Å². The number of ether oxygens (including phenoxy) is 2. The number of amides is 2. The molecule has 0 spiro atoms. The molecule has 3 atom stereocenters. The third-order valence-corrected chi connectivity index (χ3v) is 11.1. The van der Waals surface area contributed by atoms with Crippen LogP contribution in [0.2, 0.25) is 5.02 Å². The third kappa shape index (κ3) is 10.2. The van der Waals surface area contributed by atoms with Crippen molar-refractivity contribution in [2.24, 2.45) is 5.73 Å². The fraction of sp³-hybridized carbons (Fsp3) is 0.304. The van der Waals surface area contributed by atoms with Crippen LogP contribution in [-0.2, 0) is 29.1 Å². The Morgan fingerprint density at radius 1 is 0.949 bits per heavy atom. The molecule has 4 N–H and O–H groups in total. The molecule has 6 aromatic rings. The number of carbonyl (C=O) groups is 2. The molecule has 306 valence electrons. The number of aromatic amines is 1. The molecule has 1 fully saturated rings. The van der Waals surface area contributed by atoms with E-state index >= 15 is 4.39 Å². The lowest BCUT2D eigenvalue weighted by molar-refractivity contribution is 0.0392. The van der Waals surface area contributed by atoms with Gasteiger partial charge in [-0.25, -0.2) is 18.8 Å². The normalized spacial score (nSPS) is 15.8. The van der Waals surface area contributed by atoms with E-state index in [1.54, 1.807) is 24.4 Å². The van der Waals surface area contributed by atoms with Crippen molar-refractivity contribution >= 4 is 34.8 Å². The summed E-state index contributed by atoms with van der Waals surface area (Å²) in [4.78, 5) is 48.4. The summed E-state index contributed by atoms with van der Waals surface area (Å²) in [6, 6.07) is 31.3. The summed E-state index contributed by atoms with van der Waals surface area (Å²) in [6.45, 7) is 2.73. The molecule has 2 aromatic heterocycles. The number of likely N-dealkylation sites (tertiary alicyclic amines) is 1. The second-order valence-corrected chi connectivity index (χ2v) is 15.4. The third-order valence-electron chi connectivity index (χ3n) is 10.8. The number of benzene rings is 4.